The predicted molar refractivity (Wildman–Crippen MR) is 84.2 cm³/mol. The van der Waals surface area contributed by atoms with Gasteiger partial charge in [0.25, 0.3) is 5.91 Å². The fraction of sp³-hybridized carbons (Fsp3) is 0.333. The van der Waals surface area contributed by atoms with Crippen LogP contribution in [0.2, 0.25) is 0 Å². The van der Waals surface area contributed by atoms with Crippen molar-refractivity contribution in [2.75, 3.05) is 6.54 Å². The van der Waals surface area contributed by atoms with Crippen molar-refractivity contribution < 1.29 is 23.5 Å². The molecule has 1 aromatic carbocycles. The first-order chi connectivity index (χ1) is 11.5. The van der Waals surface area contributed by atoms with Gasteiger partial charge in [0.1, 0.15) is 11.6 Å². The summed E-state index contributed by atoms with van der Waals surface area (Å²) in [7, 11) is 0. The lowest BCUT2D eigenvalue weighted by Gasteiger charge is -2.37. The molecular weight excluding hydrogens is 313 g/mol. The number of carbonyl (C=O) groups excluding carboxylic acids is 1. The summed E-state index contributed by atoms with van der Waals surface area (Å²) in [5.74, 6) is -1.39. The summed E-state index contributed by atoms with van der Waals surface area (Å²) in [6.07, 6.45) is 3.13. The fourth-order valence-electron chi connectivity index (χ4n) is 3.11. The van der Waals surface area contributed by atoms with Crippen molar-refractivity contribution in [2.24, 2.45) is 5.92 Å². The Labute approximate surface area is 138 Å². The molecule has 0 aliphatic carbocycles. The van der Waals surface area contributed by atoms with Gasteiger partial charge in [-0.15, -0.1) is 0 Å². The van der Waals surface area contributed by atoms with Crippen LogP contribution in [0.15, 0.2) is 41.0 Å². The van der Waals surface area contributed by atoms with E-state index in [0.717, 1.165) is 18.9 Å². The van der Waals surface area contributed by atoms with Gasteiger partial charge in [0, 0.05) is 6.54 Å². The van der Waals surface area contributed by atoms with Crippen molar-refractivity contribution in [1.82, 2.24) is 4.90 Å². The Morgan fingerprint density at radius 2 is 2.12 bits per heavy atom. The number of carbonyl (C=O) groups is 2. The van der Waals surface area contributed by atoms with Crippen molar-refractivity contribution in [1.29, 1.82) is 0 Å². The lowest BCUT2D eigenvalue weighted by Crippen LogP contribution is -2.40. The molecule has 1 amide bonds. The van der Waals surface area contributed by atoms with Crippen LogP contribution in [-0.2, 0) is 0 Å². The molecule has 1 aliphatic rings. The second-order valence-electron chi connectivity index (χ2n) is 6.16. The molecule has 1 fully saturated rings. The number of benzene rings is 1. The molecule has 2 unspecified atom stereocenters. The first-order valence-corrected chi connectivity index (χ1v) is 7.84. The van der Waals surface area contributed by atoms with Crippen LogP contribution in [0.5, 0.6) is 0 Å². The average Bonchev–Trinajstić information content (AvgIpc) is 3.08. The van der Waals surface area contributed by atoms with Crippen LogP contribution < -0.4 is 0 Å². The van der Waals surface area contributed by atoms with Crippen LogP contribution in [0, 0.1) is 11.7 Å². The van der Waals surface area contributed by atoms with Gasteiger partial charge in [0.2, 0.25) is 0 Å². The van der Waals surface area contributed by atoms with Gasteiger partial charge in [-0.2, -0.15) is 0 Å². The fourth-order valence-corrected chi connectivity index (χ4v) is 3.11. The Kier molecular flexibility index (Phi) is 4.38. The Balaban J connectivity index is 1.91. The maximum atomic E-state index is 14.2. The summed E-state index contributed by atoms with van der Waals surface area (Å²) >= 11 is 0. The number of aromatic carboxylic acids is 1. The number of nitrogens with zero attached hydrogens (tertiary/aromatic N) is 1. The zero-order valence-electron chi connectivity index (χ0n) is 13.2. The smallest absolute Gasteiger partial charge is 0.335 e. The number of piperidine rings is 1. The highest BCUT2D eigenvalue weighted by atomic mass is 19.1. The van der Waals surface area contributed by atoms with E-state index in [1.165, 1.54) is 12.1 Å². The Morgan fingerprint density at radius 3 is 2.75 bits per heavy atom. The molecule has 0 radical (unpaired) electrons. The largest absolute Gasteiger partial charge is 0.478 e. The van der Waals surface area contributed by atoms with Crippen molar-refractivity contribution in [3.8, 4) is 0 Å². The number of carboxylic acids is 1. The molecular formula is C18H18FNO4. The number of halogens is 1. The molecule has 3 rings (SSSR count). The van der Waals surface area contributed by atoms with Crippen LogP contribution in [0.4, 0.5) is 4.39 Å². The molecule has 0 saturated carbocycles. The van der Waals surface area contributed by atoms with Crippen LogP contribution in [0.25, 0.3) is 0 Å². The molecule has 2 heterocycles. The zero-order chi connectivity index (χ0) is 17.3. The maximum Gasteiger partial charge on any atom is 0.335 e. The molecule has 6 heteroatoms. The van der Waals surface area contributed by atoms with Crippen LogP contribution in [0.3, 0.4) is 0 Å². The molecule has 126 valence electrons. The van der Waals surface area contributed by atoms with Crippen molar-refractivity contribution in [3.63, 3.8) is 0 Å². The highest BCUT2D eigenvalue weighted by Crippen LogP contribution is 2.35. The summed E-state index contributed by atoms with van der Waals surface area (Å²) < 4.78 is 19.7. The van der Waals surface area contributed by atoms with E-state index in [1.807, 2.05) is 6.07 Å². The van der Waals surface area contributed by atoms with Gasteiger partial charge in [-0.05, 0) is 49.1 Å². The van der Waals surface area contributed by atoms with E-state index in [2.05, 4.69) is 6.92 Å². The monoisotopic (exact) mass is 331 g/mol. The quantitative estimate of drug-likeness (QED) is 0.930. The Hall–Kier alpha value is -2.63. The summed E-state index contributed by atoms with van der Waals surface area (Å²) in [6, 6.07) is 6.69. The van der Waals surface area contributed by atoms with Crippen LogP contribution >= 0.6 is 0 Å². The standard InChI is InChI=1S/C18H18FNO4/c1-11-6-7-20(15(9-11)16-3-2-8-24-16)17(21)13-5-4-12(18(22)23)10-14(13)19/h2-5,8,10-11,15H,6-7,9H2,1H3,(H,22,23). The SMILES string of the molecule is CC1CCN(C(=O)c2ccc(C(=O)O)cc2F)C(c2ccco2)C1. The van der Waals surface area contributed by atoms with Crippen molar-refractivity contribution >= 4 is 11.9 Å². The first kappa shape index (κ1) is 16.2. The molecule has 1 saturated heterocycles. The van der Waals surface area contributed by atoms with E-state index in [1.54, 1.807) is 17.2 Å². The van der Waals surface area contributed by atoms with Gasteiger partial charge in [0.05, 0.1) is 23.4 Å². The molecule has 5 nitrogen and oxygen atoms in total. The van der Waals surface area contributed by atoms with Gasteiger partial charge in [-0.25, -0.2) is 9.18 Å². The second-order valence-corrected chi connectivity index (χ2v) is 6.16. The number of amides is 1. The minimum Gasteiger partial charge on any atom is -0.478 e. The number of likely N-dealkylation sites (tertiary alicyclic amines) is 1. The maximum absolute atomic E-state index is 14.2. The van der Waals surface area contributed by atoms with Gasteiger partial charge in [-0.3, -0.25) is 4.79 Å². The Morgan fingerprint density at radius 1 is 1.33 bits per heavy atom. The third-order valence-corrected chi connectivity index (χ3v) is 4.44. The molecule has 24 heavy (non-hydrogen) atoms. The summed E-state index contributed by atoms with van der Waals surface area (Å²) in [6.45, 7) is 2.62. The number of rotatable bonds is 3. The van der Waals surface area contributed by atoms with Gasteiger partial charge in [-0.1, -0.05) is 6.92 Å². The molecule has 1 N–H and O–H groups in total. The van der Waals surface area contributed by atoms with E-state index < -0.39 is 17.7 Å². The van der Waals surface area contributed by atoms with E-state index in [4.69, 9.17) is 9.52 Å². The van der Waals surface area contributed by atoms with Crippen molar-refractivity contribution in [2.45, 2.75) is 25.8 Å². The number of furan rings is 1. The van der Waals surface area contributed by atoms with Gasteiger partial charge >= 0.3 is 5.97 Å². The Bertz CT molecular complexity index is 756. The highest BCUT2D eigenvalue weighted by Gasteiger charge is 2.34. The lowest BCUT2D eigenvalue weighted by molar-refractivity contribution is 0.0515. The van der Waals surface area contributed by atoms with Crippen LogP contribution in [-0.4, -0.2) is 28.4 Å². The van der Waals surface area contributed by atoms with E-state index in [9.17, 15) is 14.0 Å². The van der Waals surface area contributed by atoms with Crippen LogP contribution in [0.1, 0.15) is 52.3 Å². The van der Waals surface area contributed by atoms with Crippen molar-refractivity contribution in [3.05, 3.63) is 59.3 Å². The number of hydrogen-bond acceptors (Lipinski definition) is 3. The molecule has 0 bridgehead atoms. The average molecular weight is 331 g/mol. The topological polar surface area (TPSA) is 70.8 Å². The summed E-state index contributed by atoms with van der Waals surface area (Å²) in [5.41, 5.74) is -0.301. The first-order valence-electron chi connectivity index (χ1n) is 7.84. The summed E-state index contributed by atoms with van der Waals surface area (Å²) in [5, 5.41) is 8.91. The molecule has 1 aromatic heterocycles. The third-order valence-electron chi connectivity index (χ3n) is 4.44. The van der Waals surface area contributed by atoms with E-state index >= 15 is 0 Å². The zero-order valence-corrected chi connectivity index (χ0v) is 13.2. The molecule has 1 aliphatic heterocycles. The second kappa shape index (κ2) is 6.47. The number of carboxylic acid groups (broad SMARTS) is 1. The predicted octanol–water partition coefficient (Wildman–Crippen LogP) is 3.73. The molecule has 0 spiro atoms. The lowest BCUT2D eigenvalue weighted by atomic mass is 9.90. The third kappa shape index (κ3) is 3.04. The highest BCUT2D eigenvalue weighted by molar-refractivity contribution is 5.96. The molecule has 2 atom stereocenters. The molecule has 2 aromatic rings. The minimum absolute atomic E-state index is 0.119. The van der Waals surface area contributed by atoms with Gasteiger partial charge < -0.3 is 14.4 Å². The van der Waals surface area contributed by atoms with Gasteiger partial charge in [0.15, 0.2) is 0 Å². The van der Waals surface area contributed by atoms with E-state index in [0.29, 0.717) is 18.2 Å². The minimum atomic E-state index is -1.23. The van der Waals surface area contributed by atoms with E-state index in [-0.39, 0.29) is 17.2 Å². The summed E-state index contributed by atoms with van der Waals surface area (Å²) in [4.78, 5) is 25.3. The normalized spacial score (nSPS) is 20.8. The number of hydrogen-bond donors (Lipinski definition) is 1.